The van der Waals surface area contributed by atoms with Crippen molar-refractivity contribution in [3.05, 3.63) is 46.7 Å². The third-order valence-electron chi connectivity index (χ3n) is 3.57. The van der Waals surface area contributed by atoms with E-state index < -0.39 is 0 Å². The fraction of sp³-hybridized carbons (Fsp3) is 0.333. The van der Waals surface area contributed by atoms with E-state index in [9.17, 15) is 4.79 Å². The maximum atomic E-state index is 12.2. The summed E-state index contributed by atoms with van der Waals surface area (Å²) in [7, 11) is 0. The molecule has 0 aliphatic carbocycles. The molecule has 1 aromatic heterocycles. The van der Waals surface area contributed by atoms with Gasteiger partial charge in [-0.2, -0.15) is 5.10 Å². The number of aromatic nitrogens is 2. The molecule has 0 unspecified atom stereocenters. The Balaban J connectivity index is 0.00000176. The molecule has 1 aliphatic rings. The molecule has 0 atom stereocenters. The van der Waals surface area contributed by atoms with Gasteiger partial charge in [0.25, 0.3) is 5.91 Å². The van der Waals surface area contributed by atoms with Gasteiger partial charge in [0.15, 0.2) is 5.69 Å². The van der Waals surface area contributed by atoms with Gasteiger partial charge in [0, 0.05) is 16.7 Å². The van der Waals surface area contributed by atoms with Crippen molar-refractivity contribution in [1.29, 1.82) is 0 Å². The van der Waals surface area contributed by atoms with Gasteiger partial charge in [0.2, 0.25) is 0 Å². The summed E-state index contributed by atoms with van der Waals surface area (Å²) in [5.41, 5.74) is 1.37. The van der Waals surface area contributed by atoms with Crippen LogP contribution < -0.4 is 10.6 Å². The van der Waals surface area contributed by atoms with Gasteiger partial charge in [-0.05, 0) is 50.2 Å². The highest BCUT2D eigenvalue weighted by Crippen LogP contribution is 2.15. The molecule has 2 aromatic rings. The highest BCUT2D eigenvalue weighted by Gasteiger charge is 2.18. The summed E-state index contributed by atoms with van der Waals surface area (Å²) in [6.45, 7) is 1.91. The lowest BCUT2D eigenvalue weighted by molar-refractivity contribution is 0.0924. The summed E-state index contributed by atoms with van der Waals surface area (Å²) in [6.07, 6.45) is 3.75. The Hall–Kier alpha value is -1.37. The van der Waals surface area contributed by atoms with Crippen LogP contribution in [0.25, 0.3) is 5.69 Å². The Morgan fingerprint density at radius 1 is 1.32 bits per heavy atom. The van der Waals surface area contributed by atoms with E-state index in [1.54, 1.807) is 16.9 Å². The van der Waals surface area contributed by atoms with Crippen molar-refractivity contribution < 1.29 is 4.79 Å². The van der Waals surface area contributed by atoms with Gasteiger partial charge >= 0.3 is 0 Å². The van der Waals surface area contributed by atoms with Gasteiger partial charge < -0.3 is 10.6 Å². The first-order valence-corrected chi connectivity index (χ1v) is 7.85. The molecule has 2 heterocycles. The quantitative estimate of drug-likeness (QED) is 0.853. The van der Waals surface area contributed by atoms with Crippen LogP contribution in [-0.2, 0) is 0 Å². The van der Waals surface area contributed by atoms with Crippen molar-refractivity contribution in [3.8, 4) is 5.69 Å². The third kappa shape index (κ3) is 4.09. The molecule has 1 aromatic carbocycles. The molecule has 118 valence electrons. The average Bonchev–Trinajstić information content (AvgIpc) is 2.98. The maximum absolute atomic E-state index is 12.2. The molecule has 5 nitrogen and oxygen atoms in total. The average molecular weight is 386 g/mol. The zero-order chi connectivity index (χ0) is 14.7. The van der Waals surface area contributed by atoms with Crippen LogP contribution in [0, 0.1) is 0 Å². The van der Waals surface area contributed by atoms with Crippen LogP contribution in [0.5, 0.6) is 0 Å². The lowest BCUT2D eigenvalue weighted by Crippen LogP contribution is -2.42. The lowest BCUT2D eigenvalue weighted by atomic mass is 10.1. The molecule has 0 bridgehead atoms. The summed E-state index contributed by atoms with van der Waals surface area (Å²) in [6, 6.07) is 9.80. The SMILES string of the molecule is Cl.O=C(NC1CCNCC1)c1ccn(-c2cccc(Br)c2)n1. The molecular formula is C15H18BrClN4O. The van der Waals surface area contributed by atoms with Crippen molar-refractivity contribution in [2.75, 3.05) is 13.1 Å². The lowest BCUT2D eigenvalue weighted by Gasteiger charge is -2.23. The van der Waals surface area contributed by atoms with E-state index in [0.29, 0.717) is 5.69 Å². The van der Waals surface area contributed by atoms with Gasteiger partial charge in [-0.15, -0.1) is 12.4 Å². The Morgan fingerprint density at radius 2 is 2.09 bits per heavy atom. The number of rotatable bonds is 3. The van der Waals surface area contributed by atoms with E-state index >= 15 is 0 Å². The first-order chi connectivity index (χ1) is 10.2. The number of carbonyl (C=O) groups excluding carboxylic acids is 1. The number of halogens is 2. The third-order valence-corrected chi connectivity index (χ3v) is 4.06. The predicted molar refractivity (Wildman–Crippen MR) is 91.9 cm³/mol. The van der Waals surface area contributed by atoms with E-state index in [0.717, 1.165) is 36.1 Å². The number of piperidine rings is 1. The number of hydrogen-bond acceptors (Lipinski definition) is 3. The van der Waals surface area contributed by atoms with Crippen LogP contribution in [0.4, 0.5) is 0 Å². The minimum absolute atomic E-state index is 0. The normalized spacial score (nSPS) is 15.1. The first kappa shape index (κ1) is 17.0. The van der Waals surface area contributed by atoms with E-state index in [2.05, 4.69) is 31.7 Å². The largest absolute Gasteiger partial charge is 0.348 e. The number of amides is 1. The maximum Gasteiger partial charge on any atom is 0.272 e. The highest BCUT2D eigenvalue weighted by atomic mass is 79.9. The monoisotopic (exact) mass is 384 g/mol. The van der Waals surface area contributed by atoms with Crippen LogP contribution in [0.15, 0.2) is 41.0 Å². The molecule has 0 saturated carbocycles. The summed E-state index contributed by atoms with van der Waals surface area (Å²) in [5.74, 6) is -0.101. The summed E-state index contributed by atoms with van der Waals surface area (Å²) in [5, 5.41) is 10.7. The predicted octanol–water partition coefficient (Wildman–Crippen LogP) is 2.54. The summed E-state index contributed by atoms with van der Waals surface area (Å²) < 4.78 is 2.69. The number of hydrogen-bond donors (Lipinski definition) is 2. The second kappa shape index (κ2) is 7.76. The summed E-state index contributed by atoms with van der Waals surface area (Å²) in [4.78, 5) is 12.2. The number of benzene rings is 1. The van der Waals surface area contributed by atoms with Crippen LogP contribution >= 0.6 is 28.3 Å². The van der Waals surface area contributed by atoms with Crippen molar-refractivity contribution in [2.45, 2.75) is 18.9 Å². The first-order valence-electron chi connectivity index (χ1n) is 7.05. The van der Waals surface area contributed by atoms with Crippen LogP contribution in [0.3, 0.4) is 0 Å². The zero-order valence-electron chi connectivity index (χ0n) is 12.0. The highest BCUT2D eigenvalue weighted by molar-refractivity contribution is 9.10. The molecule has 1 aliphatic heterocycles. The van der Waals surface area contributed by atoms with Crippen molar-refractivity contribution in [1.82, 2.24) is 20.4 Å². The minimum Gasteiger partial charge on any atom is -0.348 e. The fourth-order valence-electron chi connectivity index (χ4n) is 2.43. The molecule has 2 N–H and O–H groups in total. The number of carbonyl (C=O) groups is 1. The second-order valence-corrected chi connectivity index (χ2v) is 6.04. The van der Waals surface area contributed by atoms with E-state index in [1.807, 2.05) is 24.3 Å². The Kier molecular flexibility index (Phi) is 5.99. The van der Waals surface area contributed by atoms with Crippen molar-refractivity contribution in [3.63, 3.8) is 0 Å². The smallest absolute Gasteiger partial charge is 0.272 e. The van der Waals surface area contributed by atoms with Crippen molar-refractivity contribution >= 4 is 34.2 Å². The Bertz CT molecular complexity index is 640. The van der Waals surface area contributed by atoms with Crippen molar-refractivity contribution in [2.24, 2.45) is 0 Å². The molecular weight excluding hydrogens is 368 g/mol. The number of nitrogens with one attached hydrogen (secondary N) is 2. The zero-order valence-corrected chi connectivity index (χ0v) is 14.4. The van der Waals surface area contributed by atoms with E-state index in [4.69, 9.17) is 0 Å². The van der Waals surface area contributed by atoms with Gasteiger partial charge in [-0.25, -0.2) is 4.68 Å². The van der Waals surface area contributed by atoms with Gasteiger partial charge in [-0.3, -0.25) is 4.79 Å². The molecule has 22 heavy (non-hydrogen) atoms. The molecule has 0 spiro atoms. The van der Waals surface area contributed by atoms with Gasteiger partial charge in [0.1, 0.15) is 0 Å². The van der Waals surface area contributed by atoms with Crippen LogP contribution in [0.1, 0.15) is 23.3 Å². The van der Waals surface area contributed by atoms with Gasteiger partial charge in [0.05, 0.1) is 5.69 Å². The van der Waals surface area contributed by atoms with E-state index in [-0.39, 0.29) is 24.4 Å². The minimum atomic E-state index is -0.101. The molecule has 3 rings (SSSR count). The van der Waals surface area contributed by atoms with Crippen LogP contribution in [-0.4, -0.2) is 34.8 Å². The van der Waals surface area contributed by atoms with E-state index in [1.165, 1.54) is 0 Å². The second-order valence-electron chi connectivity index (χ2n) is 5.12. The molecule has 7 heteroatoms. The fourth-order valence-corrected chi connectivity index (χ4v) is 2.82. The van der Waals surface area contributed by atoms with Crippen LogP contribution in [0.2, 0.25) is 0 Å². The number of nitrogens with zero attached hydrogens (tertiary/aromatic N) is 2. The molecule has 1 amide bonds. The standard InChI is InChI=1S/C15H17BrN4O.ClH/c16-11-2-1-3-13(10-11)20-9-6-14(19-20)15(21)18-12-4-7-17-8-5-12;/h1-3,6,9-10,12,17H,4-5,7-8H2,(H,18,21);1H. The Morgan fingerprint density at radius 3 is 2.82 bits per heavy atom. The molecule has 0 radical (unpaired) electrons. The molecule has 1 saturated heterocycles. The molecule has 1 fully saturated rings. The van der Waals surface area contributed by atoms with Gasteiger partial charge in [-0.1, -0.05) is 22.0 Å². The summed E-state index contributed by atoms with van der Waals surface area (Å²) >= 11 is 3.43. The topological polar surface area (TPSA) is 59.0 Å². The Labute approximate surface area is 144 Å².